The maximum Gasteiger partial charge on any atom is 0.317 e. The zero-order chi connectivity index (χ0) is 23.2. The molecular weight excluding hydrogens is 426 g/mol. The monoisotopic (exact) mass is 457 g/mol. The molecule has 2 aliphatic heterocycles. The lowest BCUT2D eigenvalue weighted by Gasteiger charge is -2.31. The number of amides is 3. The molecule has 0 bridgehead atoms. The van der Waals surface area contributed by atoms with E-state index >= 15 is 0 Å². The van der Waals surface area contributed by atoms with Crippen LogP contribution in [0.5, 0.6) is 11.5 Å². The Kier molecular flexibility index (Phi) is 7.31. The fourth-order valence-electron chi connectivity index (χ4n) is 4.34. The van der Waals surface area contributed by atoms with Crippen LogP contribution in [0.15, 0.2) is 22.7 Å². The van der Waals surface area contributed by atoms with Crippen molar-refractivity contribution in [3.05, 3.63) is 24.1 Å². The highest BCUT2D eigenvalue weighted by atomic mass is 16.5. The first-order valence-electron chi connectivity index (χ1n) is 11.5. The van der Waals surface area contributed by atoms with Crippen LogP contribution in [0.25, 0.3) is 11.4 Å². The molecule has 3 amide bonds. The number of aromatic nitrogens is 2. The van der Waals surface area contributed by atoms with E-state index in [1.807, 2.05) is 12.1 Å². The average Bonchev–Trinajstić information content (AvgIpc) is 3.37. The highest BCUT2D eigenvalue weighted by molar-refractivity contribution is 5.84. The topological polar surface area (TPSA) is 110 Å². The quantitative estimate of drug-likeness (QED) is 0.710. The van der Waals surface area contributed by atoms with Gasteiger partial charge in [-0.2, -0.15) is 4.98 Å². The molecule has 1 N–H and O–H groups in total. The van der Waals surface area contributed by atoms with E-state index in [1.54, 1.807) is 30.1 Å². The molecule has 2 fully saturated rings. The van der Waals surface area contributed by atoms with Gasteiger partial charge in [0.2, 0.25) is 17.6 Å². The third-order valence-corrected chi connectivity index (χ3v) is 6.31. The van der Waals surface area contributed by atoms with Gasteiger partial charge in [-0.3, -0.25) is 4.79 Å². The van der Waals surface area contributed by atoms with Crippen LogP contribution >= 0.6 is 0 Å². The molecule has 4 rings (SSSR count). The summed E-state index contributed by atoms with van der Waals surface area (Å²) in [5.74, 6) is 2.33. The molecule has 2 aliphatic rings. The molecule has 2 aromatic rings. The van der Waals surface area contributed by atoms with Gasteiger partial charge in [0.25, 0.3) is 0 Å². The van der Waals surface area contributed by atoms with Crippen molar-refractivity contribution in [3.8, 4) is 22.9 Å². The van der Waals surface area contributed by atoms with Crippen LogP contribution in [0.3, 0.4) is 0 Å². The van der Waals surface area contributed by atoms with Crippen LogP contribution in [0, 0.1) is 0 Å². The number of urea groups is 1. The van der Waals surface area contributed by atoms with E-state index in [0.717, 1.165) is 50.8 Å². The molecule has 33 heavy (non-hydrogen) atoms. The van der Waals surface area contributed by atoms with Crippen molar-refractivity contribution in [1.29, 1.82) is 0 Å². The summed E-state index contributed by atoms with van der Waals surface area (Å²) in [5, 5.41) is 6.89. The molecule has 0 saturated carbocycles. The Morgan fingerprint density at radius 1 is 1.03 bits per heavy atom. The Bertz CT molecular complexity index is 964. The highest BCUT2D eigenvalue weighted by Gasteiger charge is 2.28. The highest BCUT2D eigenvalue weighted by Crippen LogP contribution is 2.33. The Balaban J connectivity index is 1.28. The van der Waals surface area contributed by atoms with Gasteiger partial charge in [0.15, 0.2) is 11.5 Å². The molecule has 10 heteroatoms. The molecule has 0 aliphatic carbocycles. The lowest BCUT2D eigenvalue weighted by molar-refractivity contribution is -0.131. The fourth-order valence-corrected chi connectivity index (χ4v) is 4.34. The molecule has 0 radical (unpaired) electrons. The number of nitrogens with one attached hydrogen (secondary N) is 1. The molecule has 178 valence electrons. The summed E-state index contributed by atoms with van der Waals surface area (Å²) in [6.07, 6.45) is 4.68. The second kappa shape index (κ2) is 10.5. The van der Waals surface area contributed by atoms with Gasteiger partial charge in [0.1, 0.15) is 0 Å². The Morgan fingerprint density at radius 2 is 1.76 bits per heavy atom. The number of rotatable bonds is 6. The summed E-state index contributed by atoms with van der Waals surface area (Å²) in [4.78, 5) is 32.9. The molecule has 2 saturated heterocycles. The molecule has 3 heterocycles. The summed E-state index contributed by atoms with van der Waals surface area (Å²) < 4.78 is 16.1. The minimum Gasteiger partial charge on any atom is -0.493 e. The van der Waals surface area contributed by atoms with E-state index < -0.39 is 0 Å². The molecular formula is C23H31N5O5. The maximum atomic E-state index is 12.5. The van der Waals surface area contributed by atoms with Gasteiger partial charge in [-0.25, -0.2) is 4.79 Å². The van der Waals surface area contributed by atoms with E-state index in [2.05, 4.69) is 15.5 Å². The maximum absolute atomic E-state index is 12.5. The van der Waals surface area contributed by atoms with Gasteiger partial charge in [-0.15, -0.1) is 0 Å². The van der Waals surface area contributed by atoms with E-state index in [1.165, 1.54) is 0 Å². The average molecular weight is 458 g/mol. The van der Waals surface area contributed by atoms with Crippen molar-refractivity contribution in [3.63, 3.8) is 0 Å². The zero-order valence-electron chi connectivity index (χ0n) is 19.2. The fraction of sp³-hybridized carbons (Fsp3) is 0.565. The number of carbonyl (C=O) groups is 2. The SMILES string of the molecule is COc1ccc(-c2noc(C3CCN(C(=O)CNC(=O)N4CCCCC4)CC3)n2)cc1OC. The van der Waals surface area contributed by atoms with Crippen molar-refractivity contribution in [2.24, 2.45) is 0 Å². The van der Waals surface area contributed by atoms with Crippen LogP contribution in [-0.4, -0.2) is 78.8 Å². The normalized spacial score (nSPS) is 17.0. The minimum atomic E-state index is -0.147. The van der Waals surface area contributed by atoms with E-state index in [9.17, 15) is 9.59 Å². The molecule has 0 unspecified atom stereocenters. The summed E-state index contributed by atoms with van der Waals surface area (Å²) in [5.41, 5.74) is 0.778. The predicted octanol–water partition coefficient (Wildman–Crippen LogP) is 2.66. The van der Waals surface area contributed by atoms with Crippen molar-refractivity contribution in [1.82, 2.24) is 25.3 Å². The molecule has 10 nitrogen and oxygen atoms in total. The number of piperidine rings is 2. The van der Waals surface area contributed by atoms with Gasteiger partial charge in [0, 0.05) is 37.7 Å². The van der Waals surface area contributed by atoms with Gasteiger partial charge >= 0.3 is 6.03 Å². The third-order valence-electron chi connectivity index (χ3n) is 6.31. The summed E-state index contributed by atoms with van der Waals surface area (Å²) >= 11 is 0. The van der Waals surface area contributed by atoms with Gasteiger partial charge < -0.3 is 29.1 Å². The first-order valence-corrected chi connectivity index (χ1v) is 11.5. The Hall–Kier alpha value is -3.30. The summed E-state index contributed by atoms with van der Waals surface area (Å²) in [6, 6.07) is 5.33. The minimum absolute atomic E-state index is 0.0318. The van der Waals surface area contributed by atoms with E-state index in [0.29, 0.717) is 36.3 Å². The van der Waals surface area contributed by atoms with Gasteiger partial charge in [0.05, 0.1) is 20.8 Å². The summed E-state index contributed by atoms with van der Waals surface area (Å²) in [6.45, 7) is 2.75. The smallest absolute Gasteiger partial charge is 0.317 e. The molecule has 1 aromatic heterocycles. The van der Waals surface area contributed by atoms with Crippen LogP contribution < -0.4 is 14.8 Å². The Labute approximate surface area is 193 Å². The third kappa shape index (κ3) is 5.37. The number of hydrogen-bond donors (Lipinski definition) is 1. The van der Waals surface area contributed by atoms with Crippen LogP contribution in [0.4, 0.5) is 4.79 Å². The molecule has 0 spiro atoms. The number of ether oxygens (including phenoxy) is 2. The van der Waals surface area contributed by atoms with E-state index in [-0.39, 0.29) is 24.4 Å². The van der Waals surface area contributed by atoms with Gasteiger partial charge in [-0.1, -0.05) is 5.16 Å². The lowest BCUT2D eigenvalue weighted by Crippen LogP contribution is -2.48. The number of likely N-dealkylation sites (tertiary alicyclic amines) is 2. The van der Waals surface area contributed by atoms with Crippen molar-refractivity contribution in [2.75, 3.05) is 46.9 Å². The number of benzene rings is 1. The first kappa shape index (κ1) is 22.9. The largest absolute Gasteiger partial charge is 0.493 e. The van der Waals surface area contributed by atoms with Crippen molar-refractivity contribution < 1.29 is 23.6 Å². The van der Waals surface area contributed by atoms with Crippen LogP contribution in [-0.2, 0) is 4.79 Å². The lowest BCUT2D eigenvalue weighted by atomic mass is 9.96. The predicted molar refractivity (Wildman–Crippen MR) is 120 cm³/mol. The van der Waals surface area contributed by atoms with Crippen LogP contribution in [0.1, 0.15) is 43.9 Å². The first-order chi connectivity index (χ1) is 16.1. The molecule has 0 atom stereocenters. The van der Waals surface area contributed by atoms with Gasteiger partial charge in [-0.05, 0) is 50.3 Å². The standard InChI is InChI=1S/C23H31N5O5/c1-31-18-7-6-17(14-19(18)32-2)21-25-22(33-26-21)16-8-12-27(13-9-16)20(29)15-24-23(30)28-10-4-3-5-11-28/h6-7,14,16H,3-5,8-13,15H2,1-2H3,(H,24,30). The number of methoxy groups -OCH3 is 2. The van der Waals surface area contributed by atoms with Crippen LogP contribution in [0.2, 0.25) is 0 Å². The molecule has 1 aromatic carbocycles. The Morgan fingerprint density at radius 3 is 2.45 bits per heavy atom. The number of nitrogens with zero attached hydrogens (tertiary/aromatic N) is 4. The number of hydrogen-bond acceptors (Lipinski definition) is 7. The second-order valence-corrected chi connectivity index (χ2v) is 8.39. The zero-order valence-corrected chi connectivity index (χ0v) is 19.2. The van der Waals surface area contributed by atoms with Crippen molar-refractivity contribution >= 4 is 11.9 Å². The second-order valence-electron chi connectivity index (χ2n) is 8.39. The van der Waals surface area contributed by atoms with E-state index in [4.69, 9.17) is 14.0 Å². The summed E-state index contributed by atoms with van der Waals surface area (Å²) in [7, 11) is 3.17. The number of carbonyl (C=O) groups excluding carboxylic acids is 2. The van der Waals surface area contributed by atoms with Crippen molar-refractivity contribution in [2.45, 2.75) is 38.0 Å².